The number of rotatable bonds is 6. The number of halogens is 4. The minimum Gasteiger partial charge on any atom is -0.482 e. The molecule has 0 saturated carbocycles. The lowest BCUT2D eigenvalue weighted by Gasteiger charge is -2.18. The molecule has 0 fully saturated rings. The van der Waals surface area contributed by atoms with Crippen LogP contribution in [0.25, 0.3) is 0 Å². The monoisotopic (exact) mass is 339 g/mol. The number of benzene rings is 1. The van der Waals surface area contributed by atoms with Gasteiger partial charge in [0.05, 0.1) is 16.6 Å². The van der Waals surface area contributed by atoms with E-state index in [-0.39, 0.29) is 27.9 Å². The Morgan fingerprint density at radius 2 is 2.00 bits per heavy atom. The van der Waals surface area contributed by atoms with Gasteiger partial charge in [-0.05, 0) is 30.0 Å². The number of carbonyl (C=O) groups is 1. The Bertz CT molecular complexity index is 547. The van der Waals surface area contributed by atoms with Gasteiger partial charge in [-0.3, -0.25) is 4.79 Å². The Labute approximate surface area is 131 Å². The smallest absolute Gasteiger partial charge is 0.422 e. The number of nitrogen functional groups attached to an aromatic ring is 1. The van der Waals surface area contributed by atoms with Gasteiger partial charge in [-0.25, -0.2) is 0 Å². The molecule has 4 nitrogen and oxygen atoms in total. The van der Waals surface area contributed by atoms with E-state index >= 15 is 0 Å². The van der Waals surface area contributed by atoms with Crippen LogP contribution in [0.4, 0.5) is 18.9 Å². The fourth-order valence-electron chi connectivity index (χ4n) is 1.94. The molecule has 0 saturated heterocycles. The Morgan fingerprint density at radius 1 is 1.41 bits per heavy atom. The molecule has 22 heavy (non-hydrogen) atoms. The molecular weight excluding hydrogens is 323 g/mol. The Kier molecular flexibility index (Phi) is 5.93. The normalized spacial score (nSPS) is 13.2. The van der Waals surface area contributed by atoms with Gasteiger partial charge < -0.3 is 15.6 Å². The first kappa shape index (κ1) is 18.4. The van der Waals surface area contributed by atoms with Crippen molar-refractivity contribution in [1.29, 1.82) is 0 Å². The molecule has 1 aromatic carbocycles. The molecular formula is C14H17ClF3NO3. The largest absolute Gasteiger partial charge is 0.482 e. The molecule has 8 heteroatoms. The summed E-state index contributed by atoms with van der Waals surface area (Å²) in [5.41, 5.74) is 5.70. The van der Waals surface area contributed by atoms with E-state index in [4.69, 9.17) is 17.3 Å². The second kappa shape index (κ2) is 7.09. The van der Waals surface area contributed by atoms with Crippen LogP contribution in [0.5, 0.6) is 5.75 Å². The van der Waals surface area contributed by atoms with Crippen LogP contribution in [0, 0.1) is 5.92 Å². The third-order valence-corrected chi connectivity index (χ3v) is 3.23. The van der Waals surface area contributed by atoms with Crippen molar-refractivity contribution in [3.8, 4) is 5.75 Å². The van der Waals surface area contributed by atoms with Crippen LogP contribution in [-0.2, 0) is 4.79 Å². The van der Waals surface area contributed by atoms with E-state index in [1.54, 1.807) is 0 Å². The predicted octanol–water partition coefficient (Wildman–Crippen LogP) is 4.08. The number of hydrogen-bond donors (Lipinski definition) is 2. The molecule has 1 unspecified atom stereocenters. The Hall–Kier alpha value is -1.63. The summed E-state index contributed by atoms with van der Waals surface area (Å²) in [6.07, 6.45) is -4.21. The van der Waals surface area contributed by atoms with E-state index in [0.29, 0.717) is 6.42 Å². The molecule has 0 spiro atoms. The third-order valence-electron chi connectivity index (χ3n) is 2.91. The predicted molar refractivity (Wildman–Crippen MR) is 77.2 cm³/mol. The molecule has 0 bridgehead atoms. The molecule has 1 rings (SSSR count). The maximum Gasteiger partial charge on any atom is 0.422 e. The molecule has 0 aliphatic carbocycles. The number of aliphatic carboxylic acids is 1. The maximum atomic E-state index is 12.2. The highest BCUT2D eigenvalue weighted by Crippen LogP contribution is 2.36. The lowest BCUT2D eigenvalue weighted by atomic mass is 9.90. The van der Waals surface area contributed by atoms with Crippen molar-refractivity contribution in [2.75, 3.05) is 12.3 Å². The van der Waals surface area contributed by atoms with Crippen LogP contribution in [0.3, 0.4) is 0 Å². The summed E-state index contributed by atoms with van der Waals surface area (Å²) < 4.78 is 41.4. The lowest BCUT2D eigenvalue weighted by molar-refractivity contribution is -0.153. The SMILES string of the molecule is CC(C)CC(C(=O)O)c1cc(Cl)c(N)c(OCC(F)(F)F)c1. The van der Waals surface area contributed by atoms with Crippen molar-refractivity contribution in [2.45, 2.75) is 32.4 Å². The summed E-state index contributed by atoms with van der Waals surface area (Å²) in [5.74, 6) is -2.17. The topological polar surface area (TPSA) is 72.5 Å². The van der Waals surface area contributed by atoms with E-state index < -0.39 is 24.7 Å². The zero-order chi connectivity index (χ0) is 17.1. The number of ether oxygens (including phenoxy) is 1. The van der Waals surface area contributed by atoms with Crippen LogP contribution in [0.15, 0.2) is 12.1 Å². The summed E-state index contributed by atoms with van der Waals surface area (Å²) in [4.78, 5) is 11.4. The quantitative estimate of drug-likeness (QED) is 0.766. The molecule has 0 aliphatic rings. The van der Waals surface area contributed by atoms with E-state index in [2.05, 4.69) is 4.74 Å². The van der Waals surface area contributed by atoms with Gasteiger partial charge in [0.2, 0.25) is 0 Å². The highest BCUT2D eigenvalue weighted by molar-refractivity contribution is 6.33. The zero-order valence-electron chi connectivity index (χ0n) is 12.1. The standard InChI is InChI=1S/C14H17ClF3NO3/c1-7(2)3-9(13(20)21)8-4-10(15)12(19)11(5-8)22-6-14(16,17)18/h4-5,7,9H,3,6,19H2,1-2H3,(H,20,21). The molecule has 0 aromatic heterocycles. The molecule has 1 aromatic rings. The van der Waals surface area contributed by atoms with Crippen LogP contribution in [0.2, 0.25) is 5.02 Å². The minimum absolute atomic E-state index is 0.0373. The fourth-order valence-corrected chi connectivity index (χ4v) is 2.16. The molecule has 1 atom stereocenters. The van der Waals surface area contributed by atoms with Crippen molar-refractivity contribution in [3.05, 3.63) is 22.7 Å². The van der Waals surface area contributed by atoms with Crippen molar-refractivity contribution < 1.29 is 27.8 Å². The molecule has 0 amide bonds. The first-order chi connectivity index (χ1) is 10.0. The second-order valence-electron chi connectivity index (χ2n) is 5.34. The second-order valence-corrected chi connectivity index (χ2v) is 5.75. The average molecular weight is 340 g/mol. The van der Waals surface area contributed by atoms with Gasteiger partial charge in [-0.1, -0.05) is 25.4 Å². The van der Waals surface area contributed by atoms with Crippen molar-refractivity contribution >= 4 is 23.3 Å². The van der Waals surface area contributed by atoms with Gasteiger partial charge in [0.25, 0.3) is 0 Å². The van der Waals surface area contributed by atoms with Gasteiger partial charge in [-0.2, -0.15) is 13.2 Å². The first-order valence-corrected chi connectivity index (χ1v) is 6.90. The first-order valence-electron chi connectivity index (χ1n) is 6.52. The number of carboxylic acids is 1. The lowest BCUT2D eigenvalue weighted by Crippen LogP contribution is -2.20. The fraction of sp³-hybridized carbons (Fsp3) is 0.500. The molecule has 0 aliphatic heterocycles. The number of anilines is 1. The van der Waals surface area contributed by atoms with Crippen molar-refractivity contribution in [3.63, 3.8) is 0 Å². The van der Waals surface area contributed by atoms with Gasteiger partial charge >= 0.3 is 12.1 Å². The van der Waals surface area contributed by atoms with Crippen LogP contribution >= 0.6 is 11.6 Å². The summed E-state index contributed by atoms with van der Waals surface area (Å²) >= 11 is 5.88. The van der Waals surface area contributed by atoms with Gasteiger partial charge in [0.1, 0.15) is 5.75 Å². The van der Waals surface area contributed by atoms with E-state index in [0.717, 1.165) is 0 Å². The van der Waals surface area contributed by atoms with Crippen molar-refractivity contribution in [1.82, 2.24) is 0 Å². The van der Waals surface area contributed by atoms with Crippen LogP contribution < -0.4 is 10.5 Å². The minimum atomic E-state index is -4.53. The van der Waals surface area contributed by atoms with Gasteiger partial charge in [0, 0.05) is 0 Å². The molecule has 3 N–H and O–H groups in total. The highest BCUT2D eigenvalue weighted by Gasteiger charge is 2.30. The number of carboxylic acid groups (broad SMARTS) is 1. The van der Waals surface area contributed by atoms with Crippen molar-refractivity contribution in [2.24, 2.45) is 5.92 Å². The van der Waals surface area contributed by atoms with E-state index in [9.17, 15) is 23.1 Å². The summed E-state index contributed by atoms with van der Waals surface area (Å²) in [7, 11) is 0. The van der Waals surface area contributed by atoms with Gasteiger partial charge in [-0.15, -0.1) is 0 Å². The Morgan fingerprint density at radius 3 is 2.45 bits per heavy atom. The summed E-state index contributed by atoms with van der Waals surface area (Å²) in [6, 6.07) is 2.55. The van der Waals surface area contributed by atoms with Crippen LogP contribution in [-0.4, -0.2) is 23.9 Å². The average Bonchev–Trinajstić information content (AvgIpc) is 2.36. The van der Waals surface area contributed by atoms with E-state index in [1.807, 2.05) is 13.8 Å². The summed E-state index contributed by atoms with van der Waals surface area (Å²) in [6.45, 7) is 2.16. The highest BCUT2D eigenvalue weighted by atomic mass is 35.5. The zero-order valence-corrected chi connectivity index (χ0v) is 12.8. The number of hydrogen-bond acceptors (Lipinski definition) is 3. The molecule has 124 valence electrons. The van der Waals surface area contributed by atoms with E-state index in [1.165, 1.54) is 12.1 Å². The van der Waals surface area contributed by atoms with Gasteiger partial charge in [0.15, 0.2) is 6.61 Å². The maximum absolute atomic E-state index is 12.2. The number of nitrogens with two attached hydrogens (primary N) is 1. The Balaban J connectivity index is 3.15. The molecule has 0 heterocycles. The third kappa shape index (κ3) is 5.29. The molecule has 0 radical (unpaired) electrons. The summed E-state index contributed by atoms with van der Waals surface area (Å²) in [5, 5.41) is 9.25. The van der Waals surface area contributed by atoms with Crippen LogP contribution in [0.1, 0.15) is 31.7 Å². The number of alkyl halides is 3.